The first-order valence-corrected chi connectivity index (χ1v) is 11.6. The highest BCUT2D eigenvalue weighted by Gasteiger charge is 2.43. The molecule has 2 aliphatic carbocycles. The van der Waals surface area contributed by atoms with E-state index in [1.165, 1.54) is 48.8 Å². The molecule has 2 unspecified atom stereocenters. The van der Waals surface area contributed by atoms with Gasteiger partial charge in [-0.1, -0.05) is 6.07 Å². The summed E-state index contributed by atoms with van der Waals surface area (Å²) in [5.41, 5.74) is 4.35. The zero-order chi connectivity index (χ0) is 19.8. The van der Waals surface area contributed by atoms with E-state index in [9.17, 15) is 4.79 Å². The summed E-state index contributed by atoms with van der Waals surface area (Å²) in [4.78, 5) is 15.2. The maximum absolute atomic E-state index is 12.6. The van der Waals surface area contributed by atoms with Crippen molar-refractivity contribution >= 4 is 5.91 Å². The highest BCUT2D eigenvalue weighted by Crippen LogP contribution is 2.39. The number of benzene rings is 1. The monoisotopic (exact) mass is 398 g/mol. The number of nitrogens with one attached hydrogen (secondary N) is 1. The fraction of sp³-hybridized carbons (Fsp3) is 0.708. The molecular formula is C24H34N2O3. The smallest absolute Gasteiger partial charge is 0.225 e. The summed E-state index contributed by atoms with van der Waals surface area (Å²) in [6.07, 6.45) is 7.01. The van der Waals surface area contributed by atoms with Gasteiger partial charge in [0.1, 0.15) is 5.75 Å². The second-order valence-corrected chi connectivity index (χ2v) is 9.40. The Bertz CT molecular complexity index is 745. The number of rotatable bonds is 6. The van der Waals surface area contributed by atoms with Crippen molar-refractivity contribution in [3.63, 3.8) is 0 Å². The van der Waals surface area contributed by atoms with E-state index < -0.39 is 0 Å². The van der Waals surface area contributed by atoms with Crippen LogP contribution in [0.15, 0.2) is 12.1 Å². The van der Waals surface area contributed by atoms with E-state index in [2.05, 4.69) is 29.3 Å². The fourth-order valence-electron chi connectivity index (χ4n) is 6.01. The quantitative estimate of drug-likeness (QED) is 0.801. The number of piperidine rings is 1. The molecule has 158 valence electrons. The molecule has 2 heterocycles. The highest BCUT2D eigenvalue weighted by molar-refractivity contribution is 5.79. The summed E-state index contributed by atoms with van der Waals surface area (Å²) in [5.74, 6) is 2.51. The Morgan fingerprint density at radius 1 is 1.17 bits per heavy atom. The average Bonchev–Trinajstić information content (AvgIpc) is 3.43. The minimum atomic E-state index is 0.0626. The fourth-order valence-corrected chi connectivity index (χ4v) is 6.01. The summed E-state index contributed by atoms with van der Waals surface area (Å²) < 4.78 is 11.4. The van der Waals surface area contributed by atoms with Gasteiger partial charge in [0.2, 0.25) is 5.91 Å². The molecule has 1 saturated carbocycles. The van der Waals surface area contributed by atoms with E-state index in [1.54, 1.807) is 0 Å². The van der Waals surface area contributed by atoms with Crippen LogP contribution in [0.2, 0.25) is 0 Å². The van der Waals surface area contributed by atoms with Crippen LogP contribution in [-0.4, -0.2) is 49.8 Å². The third kappa shape index (κ3) is 3.91. The lowest BCUT2D eigenvalue weighted by Gasteiger charge is -2.39. The Kier molecular flexibility index (Phi) is 5.53. The minimum absolute atomic E-state index is 0.0626. The zero-order valence-electron chi connectivity index (χ0n) is 17.6. The Hall–Kier alpha value is -1.59. The van der Waals surface area contributed by atoms with E-state index in [0.717, 1.165) is 45.0 Å². The Morgan fingerprint density at radius 3 is 2.62 bits per heavy atom. The summed E-state index contributed by atoms with van der Waals surface area (Å²) in [6.45, 7) is 7.23. The van der Waals surface area contributed by atoms with Gasteiger partial charge in [-0.2, -0.15) is 0 Å². The molecule has 1 N–H and O–H groups in total. The van der Waals surface area contributed by atoms with Gasteiger partial charge in [0.05, 0.1) is 19.1 Å². The Morgan fingerprint density at radius 2 is 1.93 bits per heavy atom. The van der Waals surface area contributed by atoms with Crippen molar-refractivity contribution in [2.75, 3.05) is 32.9 Å². The van der Waals surface area contributed by atoms with Crippen molar-refractivity contribution in [1.29, 1.82) is 0 Å². The van der Waals surface area contributed by atoms with Gasteiger partial charge < -0.3 is 14.8 Å². The minimum Gasteiger partial charge on any atom is -0.494 e. The number of likely N-dealkylation sites (tertiary alicyclic amines) is 1. The molecule has 1 amide bonds. The van der Waals surface area contributed by atoms with Crippen LogP contribution in [0.1, 0.15) is 49.3 Å². The van der Waals surface area contributed by atoms with Crippen LogP contribution < -0.4 is 10.1 Å². The van der Waals surface area contributed by atoms with Crippen molar-refractivity contribution in [1.82, 2.24) is 10.2 Å². The van der Waals surface area contributed by atoms with Crippen molar-refractivity contribution < 1.29 is 14.3 Å². The van der Waals surface area contributed by atoms with Gasteiger partial charge in [0.25, 0.3) is 0 Å². The van der Waals surface area contributed by atoms with Crippen molar-refractivity contribution in [3.8, 4) is 5.75 Å². The topological polar surface area (TPSA) is 50.8 Å². The zero-order valence-corrected chi connectivity index (χ0v) is 17.6. The van der Waals surface area contributed by atoms with Gasteiger partial charge in [0.15, 0.2) is 0 Å². The second-order valence-electron chi connectivity index (χ2n) is 9.40. The average molecular weight is 399 g/mol. The van der Waals surface area contributed by atoms with Crippen LogP contribution in [0.4, 0.5) is 0 Å². The van der Waals surface area contributed by atoms with E-state index >= 15 is 0 Å². The van der Waals surface area contributed by atoms with E-state index in [4.69, 9.17) is 9.47 Å². The van der Waals surface area contributed by atoms with Gasteiger partial charge in [0, 0.05) is 37.8 Å². The van der Waals surface area contributed by atoms with E-state index in [0.29, 0.717) is 24.5 Å². The lowest BCUT2D eigenvalue weighted by atomic mass is 9.91. The first kappa shape index (κ1) is 19.4. The van der Waals surface area contributed by atoms with Gasteiger partial charge >= 0.3 is 0 Å². The van der Waals surface area contributed by atoms with Crippen LogP contribution in [-0.2, 0) is 28.9 Å². The molecule has 5 nitrogen and oxygen atoms in total. The van der Waals surface area contributed by atoms with Gasteiger partial charge in [-0.15, -0.1) is 0 Å². The largest absolute Gasteiger partial charge is 0.494 e. The van der Waals surface area contributed by atoms with Gasteiger partial charge in [-0.05, 0) is 74.5 Å². The molecule has 2 aliphatic heterocycles. The summed E-state index contributed by atoms with van der Waals surface area (Å²) >= 11 is 0. The number of amides is 1. The third-order valence-corrected chi connectivity index (χ3v) is 7.49. The summed E-state index contributed by atoms with van der Waals surface area (Å²) in [5, 5.41) is 3.40. The summed E-state index contributed by atoms with van der Waals surface area (Å²) in [6, 6.07) is 5.06. The number of ether oxygens (including phenoxy) is 2. The predicted molar refractivity (Wildman–Crippen MR) is 112 cm³/mol. The standard InChI is InChI=1S/C24H34N2O3/c1-2-29-22-11-17-5-3-4-16(17)10-21(22)14-26-12-18-6-7-19(13-26)23(18)25-24(27)20-8-9-28-15-20/h10-11,18-20,23H,2-9,12-15H2,1H3,(H,25,27)/t18-,19+,20?,23?. The van der Waals surface area contributed by atoms with Gasteiger partial charge in [-0.25, -0.2) is 0 Å². The molecule has 4 atom stereocenters. The molecule has 0 aromatic heterocycles. The van der Waals surface area contributed by atoms with Crippen molar-refractivity contribution in [3.05, 3.63) is 28.8 Å². The number of hydrogen-bond acceptors (Lipinski definition) is 4. The molecule has 0 spiro atoms. The number of carbonyl (C=O) groups excluding carboxylic acids is 1. The SMILES string of the molecule is CCOc1cc2c(cc1CN1C[C@H]3CC[C@@H](C1)C3NC(=O)C1CCOC1)CCC2. The van der Waals surface area contributed by atoms with Gasteiger partial charge in [-0.3, -0.25) is 9.69 Å². The third-order valence-electron chi connectivity index (χ3n) is 7.49. The lowest BCUT2D eigenvalue weighted by molar-refractivity contribution is -0.126. The maximum Gasteiger partial charge on any atom is 0.225 e. The van der Waals surface area contributed by atoms with Crippen LogP contribution in [0.25, 0.3) is 0 Å². The number of aryl methyl sites for hydroxylation is 2. The maximum atomic E-state index is 12.6. The predicted octanol–water partition coefficient (Wildman–Crippen LogP) is 2.94. The molecule has 3 fully saturated rings. The molecule has 5 heteroatoms. The molecule has 2 bridgehead atoms. The van der Waals surface area contributed by atoms with Crippen LogP contribution in [0, 0.1) is 17.8 Å². The van der Waals surface area contributed by atoms with Crippen LogP contribution in [0.3, 0.4) is 0 Å². The molecule has 0 radical (unpaired) electrons. The van der Waals surface area contributed by atoms with Crippen LogP contribution in [0.5, 0.6) is 5.75 Å². The molecule has 4 aliphatic rings. The first-order valence-electron chi connectivity index (χ1n) is 11.6. The van der Waals surface area contributed by atoms with Crippen LogP contribution >= 0.6 is 0 Å². The molecule has 1 aromatic rings. The molecule has 5 rings (SSSR count). The van der Waals surface area contributed by atoms with E-state index in [1.807, 2.05) is 0 Å². The molecule has 2 saturated heterocycles. The van der Waals surface area contributed by atoms with Crippen molar-refractivity contribution in [2.24, 2.45) is 17.8 Å². The summed E-state index contributed by atoms with van der Waals surface area (Å²) in [7, 11) is 0. The van der Waals surface area contributed by atoms with Crippen molar-refractivity contribution in [2.45, 2.75) is 58.0 Å². The normalized spacial score (nSPS) is 31.1. The number of hydrogen-bond donors (Lipinski definition) is 1. The second kappa shape index (κ2) is 8.27. The molecule has 1 aromatic carbocycles. The Balaban J connectivity index is 1.25. The first-order chi connectivity index (χ1) is 14.2. The number of carbonyl (C=O) groups is 1. The molecular weight excluding hydrogens is 364 g/mol. The van der Waals surface area contributed by atoms with E-state index in [-0.39, 0.29) is 11.8 Å². The lowest BCUT2D eigenvalue weighted by Crippen LogP contribution is -2.53. The Labute approximate surface area is 174 Å². The molecule has 29 heavy (non-hydrogen) atoms. The number of fused-ring (bicyclic) bond motifs is 3. The highest BCUT2D eigenvalue weighted by atomic mass is 16.5. The number of nitrogens with zero attached hydrogens (tertiary/aromatic N) is 1.